The average Bonchev–Trinajstić information content (AvgIpc) is 3.03. The number of aliphatic hydroxyl groups excluding tert-OH is 1. The van der Waals surface area contributed by atoms with Crippen LogP contribution in [-0.2, 0) is 6.54 Å². The third kappa shape index (κ3) is 3.97. The molecule has 0 radical (unpaired) electrons. The molecule has 27 heavy (non-hydrogen) atoms. The lowest BCUT2D eigenvalue weighted by atomic mass is 10.2. The highest BCUT2D eigenvalue weighted by molar-refractivity contribution is 6.07. The predicted molar refractivity (Wildman–Crippen MR) is 109 cm³/mol. The number of aliphatic hydroxyl groups is 1. The lowest BCUT2D eigenvalue weighted by Crippen LogP contribution is -2.87. The van der Waals surface area contributed by atoms with Gasteiger partial charge in [0.05, 0.1) is 6.54 Å². The van der Waals surface area contributed by atoms with Gasteiger partial charge in [0.15, 0.2) is 0 Å². The van der Waals surface area contributed by atoms with Gasteiger partial charge >= 0.3 is 0 Å². The quantitative estimate of drug-likeness (QED) is 0.474. The van der Waals surface area contributed by atoms with Crippen LogP contribution in [0.25, 0.3) is 21.8 Å². The van der Waals surface area contributed by atoms with Crippen molar-refractivity contribution in [3.8, 4) is 5.75 Å². The van der Waals surface area contributed by atoms with Crippen LogP contribution in [0.1, 0.15) is 0 Å². The summed E-state index contributed by atoms with van der Waals surface area (Å²) in [6.07, 6.45) is -0.416. The number of quaternary nitrogens is 1. The molecule has 1 heterocycles. The van der Waals surface area contributed by atoms with Gasteiger partial charge in [-0.1, -0.05) is 54.6 Å². The lowest BCUT2D eigenvalue weighted by molar-refractivity contribution is -0.661. The van der Waals surface area contributed by atoms with E-state index in [1.54, 1.807) is 0 Å². The van der Waals surface area contributed by atoms with Gasteiger partial charge in [-0.15, -0.1) is 0 Å². The summed E-state index contributed by atoms with van der Waals surface area (Å²) >= 11 is 0. The molecule has 0 amide bonds. The maximum absolute atomic E-state index is 10.6. The van der Waals surface area contributed by atoms with Gasteiger partial charge in [0, 0.05) is 21.8 Å². The van der Waals surface area contributed by atoms with Crippen molar-refractivity contribution in [2.75, 3.05) is 19.7 Å². The van der Waals surface area contributed by atoms with E-state index in [0.29, 0.717) is 19.7 Å². The van der Waals surface area contributed by atoms with E-state index in [1.165, 1.54) is 21.8 Å². The topological polar surface area (TPSA) is 51.0 Å². The highest BCUT2D eigenvalue weighted by atomic mass is 16.5. The molecule has 4 nitrogen and oxygen atoms in total. The van der Waals surface area contributed by atoms with Crippen molar-refractivity contribution in [3.05, 3.63) is 78.9 Å². The molecule has 138 valence electrons. The molecular weight excluding hydrogens is 336 g/mol. The van der Waals surface area contributed by atoms with Crippen molar-refractivity contribution >= 4 is 21.8 Å². The third-order valence-corrected chi connectivity index (χ3v) is 4.85. The van der Waals surface area contributed by atoms with E-state index in [-0.39, 0.29) is 0 Å². The van der Waals surface area contributed by atoms with E-state index in [1.807, 2.05) is 30.3 Å². The van der Waals surface area contributed by atoms with Gasteiger partial charge in [0.2, 0.25) is 0 Å². The number of benzene rings is 3. The maximum Gasteiger partial charge on any atom is 0.137 e. The van der Waals surface area contributed by atoms with E-state index in [2.05, 4.69) is 58.4 Å². The SMILES string of the molecule is O[C@H](C[NH2+]CCOc1ccccc1)Cn1c2ccccc2c2ccccc21. The van der Waals surface area contributed by atoms with Crippen molar-refractivity contribution in [2.45, 2.75) is 12.6 Å². The Morgan fingerprint density at radius 3 is 2.07 bits per heavy atom. The second kappa shape index (κ2) is 8.25. The Morgan fingerprint density at radius 2 is 1.41 bits per heavy atom. The first-order valence-corrected chi connectivity index (χ1v) is 9.46. The third-order valence-electron chi connectivity index (χ3n) is 4.85. The Labute approximate surface area is 159 Å². The summed E-state index contributed by atoms with van der Waals surface area (Å²) in [5.74, 6) is 0.886. The normalized spacial score (nSPS) is 12.5. The predicted octanol–water partition coefficient (Wildman–Crippen LogP) is 2.80. The van der Waals surface area contributed by atoms with E-state index in [0.717, 1.165) is 12.3 Å². The molecule has 1 aromatic heterocycles. The minimum absolute atomic E-state index is 0.416. The number of hydrogen-bond acceptors (Lipinski definition) is 2. The number of aromatic nitrogens is 1. The molecule has 0 saturated heterocycles. The van der Waals surface area contributed by atoms with Crippen LogP contribution >= 0.6 is 0 Å². The minimum atomic E-state index is -0.416. The summed E-state index contributed by atoms with van der Waals surface area (Å²) in [6, 6.07) is 26.6. The van der Waals surface area contributed by atoms with Crippen LogP contribution in [0.4, 0.5) is 0 Å². The smallest absolute Gasteiger partial charge is 0.137 e. The molecular formula is C23H25N2O2+. The fraction of sp³-hybridized carbons (Fsp3) is 0.217. The van der Waals surface area contributed by atoms with Crippen LogP contribution in [0.3, 0.4) is 0 Å². The number of nitrogens with zero attached hydrogens (tertiary/aromatic N) is 1. The monoisotopic (exact) mass is 361 g/mol. The van der Waals surface area contributed by atoms with Gasteiger partial charge in [-0.3, -0.25) is 0 Å². The first-order chi connectivity index (χ1) is 13.3. The minimum Gasteiger partial charge on any atom is -0.488 e. The molecule has 0 saturated carbocycles. The van der Waals surface area contributed by atoms with E-state index >= 15 is 0 Å². The van der Waals surface area contributed by atoms with Crippen LogP contribution in [0.2, 0.25) is 0 Å². The molecule has 0 aliphatic heterocycles. The van der Waals surface area contributed by atoms with E-state index in [4.69, 9.17) is 4.74 Å². The molecule has 0 spiro atoms. The Kier molecular flexibility index (Phi) is 5.37. The van der Waals surface area contributed by atoms with Gasteiger partial charge in [-0.05, 0) is 24.3 Å². The average molecular weight is 361 g/mol. The van der Waals surface area contributed by atoms with Gasteiger partial charge in [-0.2, -0.15) is 0 Å². The molecule has 4 aromatic rings. The van der Waals surface area contributed by atoms with Crippen molar-refractivity contribution in [1.29, 1.82) is 0 Å². The summed E-state index contributed by atoms with van der Waals surface area (Å²) in [5, 5.41) is 15.1. The summed E-state index contributed by atoms with van der Waals surface area (Å²) < 4.78 is 7.92. The summed E-state index contributed by atoms with van der Waals surface area (Å²) in [4.78, 5) is 0. The molecule has 4 heteroatoms. The zero-order valence-electron chi connectivity index (χ0n) is 15.3. The van der Waals surface area contributed by atoms with Crippen molar-refractivity contribution < 1.29 is 15.2 Å². The standard InChI is InChI=1S/C23H24N2O2/c26-18(16-24-14-15-27-19-8-2-1-3-9-19)17-25-22-12-6-4-10-20(22)21-11-5-7-13-23(21)25/h1-13,18,24,26H,14-17H2/p+1/t18-/m1/s1. The molecule has 0 fully saturated rings. The van der Waals surface area contributed by atoms with Gasteiger partial charge < -0.3 is 19.7 Å². The Hall–Kier alpha value is -2.82. The summed E-state index contributed by atoms with van der Waals surface area (Å²) in [6.45, 7) is 2.69. The zero-order valence-corrected chi connectivity index (χ0v) is 15.3. The van der Waals surface area contributed by atoms with Gasteiger partial charge in [0.25, 0.3) is 0 Å². The fourth-order valence-corrected chi connectivity index (χ4v) is 3.57. The van der Waals surface area contributed by atoms with Gasteiger partial charge in [0.1, 0.15) is 31.5 Å². The summed E-state index contributed by atoms with van der Waals surface area (Å²) in [7, 11) is 0. The van der Waals surface area contributed by atoms with Crippen LogP contribution < -0.4 is 10.1 Å². The number of ether oxygens (including phenoxy) is 1. The maximum atomic E-state index is 10.6. The number of hydrogen-bond donors (Lipinski definition) is 2. The van der Waals surface area contributed by atoms with E-state index in [9.17, 15) is 5.11 Å². The number of nitrogens with two attached hydrogens (primary N) is 1. The Bertz CT molecular complexity index is 957. The second-order valence-electron chi connectivity index (χ2n) is 6.77. The highest BCUT2D eigenvalue weighted by Crippen LogP contribution is 2.28. The Balaban J connectivity index is 1.36. The van der Waals surface area contributed by atoms with Crippen molar-refractivity contribution in [1.82, 2.24) is 4.57 Å². The molecule has 4 rings (SSSR count). The zero-order chi connectivity index (χ0) is 18.5. The first-order valence-electron chi connectivity index (χ1n) is 9.46. The number of rotatable bonds is 8. The fourth-order valence-electron chi connectivity index (χ4n) is 3.57. The lowest BCUT2D eigenvalue weighted by Gasteiger charge is -2.13. The van der Waals surface area contributed by atoms with Crippen molar-refractivity contribution in [2.24, 2.45) is 0 Å². The van der Waals surface area contributed by atoms with E-state index < -0.39 is 6.10 Å². The highest BCUT2D eigenvalue weighted by Gasteiger charge is 2.14. The Morgan fingerprint density at radius 1 is 0.815 bits per heavy atom. The largest absolute Gasteiger partial charge is 0.488 e. The van der Waals surface area contributed by atoms with Crippen molar-refractivity contribution in [3.63, 3.8) is 0 Å². The first kappa shape index (κ1) is 17.6. The van der Waals surface area contributed by atoms with Crippen LogP contribution in [0, 0.1) is 0 Å². The van der Waals surface area contributed by atoms with Crippen LogP contribution in [0.5, 0.6) is 5.75 Å². The number of para-hydroxylation sites is 3. The molecule has 0 unspecified atom stereocenters. The molecule has 1 atom stereocenters. The summed E-state index contributed by atoms with van der Waals surface area (Å²) in [5.41, 5.74) is 2.34. The van der Waals surface area contributed by atoms with Crippen LogP contribution in [0.15, 0.2) is 78.9 Å². The molecule has 3 aromatic carbocycles. The molecule has 0 aliphatic carbocycles. The molecule has 0 aliphatic rings. The van der Waals surface area contributed by atoms with Crippen LogP contribution in [-0.4, -0.2) is 35.5 Å². The van der Waals surface area contributed by atoms with Gasteiger partial charge in [-0.25, -0.2) is 0 Å². The molecule has 3 N–H and O–H groups in total. The molecule has 0 bridgehead atoms. The number of fused-ring (bicyclic) bond motifs is 3. The second-order valence-corrected chi connectivity index (χ2v) is 6.77.